The number of aromatic amines is 2. The first kappa shape index (κ1) is 23.5. The van der Waals surface area contributed by atoms with Crippen molar-refractivity contribution in [3.63, 3.8) is 0 Å². The summed E-state index contributed by atoms with van der Waals surface area (Å²) in [6, 6.07) is 20.9. The van der Waals surface area contributed by atoms with Crippen molar-refractivity contribution < 1.29 is 9.13 Å². The predicted octanol–water partition coefficient (Wildman–Crippen LogP) is 6.45. The van der Waals surface area contributed by atoms with E-state index < -0.39 is 0 Å². The molecule has 7 rings (SSSR count). The highest BCUT2D eigenvalue weighted by Gasteiger charge is 2.16. The molecule has 0 atom stereocenters. The average Bonchev–Trinajstić information content (AvgIpc) is 3.72. The molecule has 6 aromatic rings. The van der Waals surface area contributed by atoms with E-state index in [0.717, 1.165) is 69.7 Å². The molecule has 0 bridgehead atoms. The zero-order valence-corrected chi connectivity index (χ0v) is 21.3. The van der Waals surface area contributed by atoms with Gasteiger partial charge in [-0.2, -0.15) is 5.10 Å². The number of hydrogen-bond acceptors (Lipinski definition) is 5. The Bertz CT molecular complexity index is 1770. The van der Waals surface area contributed by atoms with Gasteiger partial charge in [0.2, 0.25) is 0 Å². The van der Waals surface area contributed by atoms with E-state index in [0.29, 0.717) is 18.0 Å². The molecule has 1 aliphatic rings. The molecule has 5 heterocycles. The minimum atomic E-state index is -0.316. The summed E-state index contributed by atoms with van der Waals surface area (Å²) in [7, 11) is 0. The van der Waals surface area contributed by atoms with E-state index in [1.165, 1.54) is 18.9 Å². The normalized spacial score (nSPS) is 14.0. The number of ether oxygens (including phenoxy) is 1. The maximum absolute atomic E-state index is 14.7. The molecular formula is C31H27FN6O. The van der Waals surface area contributed by atoms with Crippen LogP contribution in [0.4, 0.5) is 4.39 Å². The summed E-state index contributed by atoms with van der Waals surface area (Å²) in [6.45, 7) is 3.63. The van der Waals surface area contributed by atoms with Crippen molar-refractivity contribution in [3.8, 4) is 39.5 Å². The lowest BCUT2D eigenvalue weighted by Crippen LogP contribution is -2.25. The fourth-order valence-corrected chi connectivity index (χ4v) is 5.42. The van der Waals surface area contributed by atoms with Gasteiger partial charge in [0.1, 0.15) is 18.2 Å². The van der Waals surface area contributed by atoms with Gasteiger partial charge in [-0.3, -0.25) is 15.0 Å². The second kappa shape index (κ2) is 9.96. The second-order valence-corrected chi connectivity index (χ2v) is 9.93. The molecule has 4 aromatic heterocycles. The van der Waals surface area contributed by atoms with Gasteiger partial charge in [-0.15, -0.1) is 0 Å². The van der Waals surface area contributed by atoms with E-state index in [1.54, 1.807) is 18.5 Å². The highest BCUT2D eigenvalue weighted by molar-refractivity contribution is 6.01. The van der Waals surface area contributed by atoms with E-state index in [4.69, 9.17) is 4.74 Å². The Morgan fingerprint density at radius 1 is 0.897 bits per heavy atom. The minimum absolute atomic E-state index is 0.316. The number of nitrogens with one attached hydrogen (secondary N) is 2. The van der Waals surface area contributed by atoms with Crippen molar-refractivity contribution in [1.29, 1.82) is 0 Å². The topological polar surface area (TPSA) is 82.7 Å². The lowest BCUT2D eigenvalue weighted by Gasteiger charge is -2.15. The Balaban J connectivity index is 1.23. The van der Waals surface area contributed by atoms with Gasteiger partial charge in [-0.25, -0.2) is 9.37 Å². The van der Waals surface area contributed by atoms with Crippen LogP contribution in [0, 0.1) is 5.82 Å². The molecule has 1 aliphatic heterocycles. The molecule has 0 spiro atoms. The summed E-state index contributed by atoms with van der Waals surface area (Å²) in [4.78, 5) is 14.9. The third-order valence-electron chi connectivity index (χ3n) is 7.36. The summed E-state index contributed by atoms with van der Waals surface area (Å²) >= 11 is 0. The lowest BCUT2D eigenvalue weighted by molar-refractivity contribution is 0.237. The summed E-state index contributed by atoms with van der Waals surface area (Å²) < 4.78 is 20.7. The zero-order valence-electron chi connectivity index (χ0n) is 21.3. The first-order valence-corrected chi connectivity index (χ1v) is 13.2. The van der Waals surface area contributed by atoms with Gasteiger partial charge in [-0.1, -0.05) is 18.2 Å². The molecule has 1 saturated heterocycles. The number of pyridine rings is 2. The smallest absolute Gasteiger partial charge is 0.181 e. The predicted molar refractivity (Wildman–Crippen MR) is 151 cm³/mol. The van der Waals surface area contributed by atoms with Crippen molar-refractivity contribution in [2.45, 2.75) is 12.8 Å². The van der Waals surface area contributed by atoms with Crippen LogP contribution >= 0.6 is 0 Å². The van der Waals surface area contributed by atoms with Crippen molar-refractivity contribution in [2.24, 2.45) is 0 Å². The van der Waals surface area contributed by atoms with Gasteiger partial charge in [0.25, 0.3) is 0 Å². The maximum atomic E-state index is 14.7. The van der Waals surface area contributed by atoms with Crippen LogP contribution in [0.15, 0.2) is 79.1 Å². The van der Waals surface area contributed by atoms with Crippen molar-refractivity contribution in [1.82, 2.24) is 30.0 Å². The molecule has 1 fully saturated rings. The number of benzene rings is 2. The van der Waals surface area contributed by atoms with Crippen LogP contribution in [0.1, 0.15) is 12.8 Å². The van der Waals surface area contributed by atoms with Crippen LogP contribution in [0.3, 0.4) is 0 Å². The van der Waals surface area contributed by atoms with Gasteiger partial charge in [-0.05, 0) is 79.5 Å². The highest BCUT2D eigenvalue weighted by atomic mass is 19.1. The fraction of sp³-hybridized carbons (Fsp3) is 0.194. The van der Waals surface area contributed by atoms with E-state index in [9.17, 15) is 4.39 Å². The quantitative estimate of drug-likeness (QED) is 0.254. The summed E-state index contributed by atoms with van der Waals surface area (Å²) in [5.74, 6) is 0.230. The van der Waals surface area contributed by atoms with E-state index >= 15 is 0 Å². The number of fused-ring (bicyclic) bond motifs is 2. The van der Waals surface area contributed by atoms with E-state index in [1.807, 2.05) is 48.5 Å². The Morgan fingerprint density at radius 2 is 1.82 bits per heavy atom. The number of rotatable bonds is 7. The number of aromatic nitrogens is 5. The molecule has 194 valence electrons. The largest absolute Gasteiger partial charge is 0.492 e. The summed E-state index contributed by atoms with van der Waals surface area (Å²) in [6.07, 6.45) is 6.03. The lowest BCUT2D eigenvalue weighted by atomic mass is 10.0. The SMILES string of the molecule is Fc1cc(OCCN2CCCC2)cc(-c2cccc3[nH]c(-c4[nH]nc5ncc(-c6ccccn6)cc45)cc23)c1. The Kier molecular flexibility index (Phi) is 6.01. The molecular weight excluding hydrogens is 491 g/mol. The van der Waals surface area contributed by atoms with Crippen LogP contribution in [-0.2, 0) is 0 Å². The van der Waals surface area contributed by atoms with Crippen LogP contribution in [0.25, 0.3) is 55.7 Å². The third-order valence-corrected chi connectivity index (χ3v) is 7.36. The molecule has 0 saturated carbocycles. The zero-order chi connectivity index (χ0) is 26.2. The van der Waals surface area contributed by atoms with Crippen molar-refractivity contribution in [3.05, 3.63) is 84.9 Å². The first-order valence-electron chi connectivity index (χ1n) is 13.2. The average molecular weight is 519 g/mol. The van der Waals surface area contributed by atoms with E-state index in [2.05, 4.69) is 36.1 Å². The van der Waals surface area contributed by atoms with Crippen molar-refractivity contribution >= 4 is 21.9 Å². The molecule has 39 heavy (non-hydrogen) atoms. The van der Waals surface area contributed by atoms with Crippen LogP contribution in [-0.4, -0.2) is 56.3 Å². The number of halogens is 1. The van der Waals surface area contributed by atoms with Crippen molar-refractivity contribution in [2.75, 3.05) is 26.2 Å². The van der Waals surface area contributed by atoms with Gasteiger partial charge in [0.15, 0.2) is 5.65 Å². The number of H-pyrrole nitrogens is 2. The fourth-order valence-electron chi connectivity index (χ4n) is 5.42. The van der Waals surface area contributed by atoms with E-state index in [-0.39, 0.29) is 5.82 Å². The molecule has 0 amide bonds. The second-order valence-electron chi connectivity index (χ2n) is 9.93. The Morgan fingerprint density at radius 3 is 2.69 bits per heavy atom. The minimum Gasteiger partial charge on any atom is -0.492 e. The number of likely N-dealkylation sites (tertiary alicyclic amines) is 1. The molecule has 2 aromatic carbocycles. The highest BCUT2D eigenvalue weighted by Crippen LogP contribution is 2.36. The summed E-state index contributed by atoms with van der Waals surface area (Å²) in [5.41, 5.74) is 6.75. The third kappa shape index (κ3) is 4.64. The Hall–Kier alpha value is -4.56. The number of hydrogen-bond donors (Lipinski definition) is 2. The standard InChI is InChI=1S/C31H27FN6O/c32-22-14-20(15-23(17-22)39-13-12-38-10-3-4-11-38)24-6-5-8-28-25(24)18-29(35-28)30-26-16-21(19-34-31(26)37-36-30)27-7-1-2-9-33-27/h1-2,5-9,14-19,35H,3-4,10-13H2,(H,34,36,37). The van der Waals surface area contributed by atoms with Gasteiger partial charge >= 0.3 is 0 Å². The molecule has 0 aliphatic carbocycles. The molecule has 0 radical (unpaired) electrons. The van der Waals surface area contributed by atoms with Gasteiger partial charge in [0, 0.05) is 46.9 Å². The maximum Gasteiger partial charge on any atom is 0.181 e. The number of nitrogens with zero attached hydrogens (tertiary/aromatic N) is 4. The molecule has 2 N–H and O–H groups in total. The Labute approximate surface area is 224 Å². The van der Waals surface area contributed by atoms with Crippen LogP contribution in [0.5, 0.6) is 5.75 Å². The van der Waals surface area contributed by atoms with Gasteiger partial charge in [0.05, 0.1) is 17.1 Å². The first-order chi connectivity index (χ1) is 19.2. The monoisotopic (exact) mass is 518 g/mol. The summed E-state index contributed by atoms with van der Waals surface area (Å²) in [5, 5.41) is 9.44. The van der Waals surface area contributed by atoms with Crippen LogP contribution in [0.2, 0.25) is 0 Å². The molecule has 0 unspecified atom stereocenters. The van der Waals surface area contributed by atoms with Crippen LogP contribution < -0.4 is 4.74 Å². The van der Waals surface area contributed by atoms with Gasteiger partial charge < -0.3 is 9.72 Å². The molecule has 7 nitrogen and oxygen atoms in total. The molecule has 8 heteroatoms.